The molecule has 0 radical (unpaired) electrons. The largest absolute Gasteiger partial charge is 0.460 e. The number of ketones is 3. The highest BCUT2D eigenvalue weighted by atomic mass is 31.2. The molecule has 4 rings (SSSR count). The second-order valence-corrected chi connectivity index (χ2v) is 23.6. The van der Waals surface area contributed by atoms with Gasteiger partial charge in [-0.15, -0.1) is 0 Å². The summed E-state index contributed by atoms with van der Waals surface area (Å²) in [5.74, 6) is -8.08. The fourth-order valence-corrected chi connectivity index (χ4v) is 11.5. The average molecular weight is 990 g/mol. The summed E-state index contributed by atoms with van der Waals surface area (Å²) in [6, 6.07) is -1.16. The number of Topliss-reactive ketones (excluding diaryl/α,β-unsaturated/α-hetero) is 3. The zero-order chi connectivity index (χ0) is 51.4. The second-order valence-electron chi connectivity index (χ2n) is 20.9. The Morgan fingerprint density at radius 3 is 2.23 bits per heavy atom. The number of amides is 1. The minimum Gasteiger partial charge on any atom is -0.460 e. The highest BCUT2D eigenvalue weighted by Crippen LogP contribution is 2.45. The predicted molar refractivity (Wildman–Crippen MR) is 263 cm³/mol. The topological polar surface area (TPSA) is 201 Å². The number of carbonyl (C=O) groups is 5. The maximum absolute atomic E-state index is 14.5. The number of rotatable bonds is 8. The van der Waals surface area contributed by atoms with Crippen molar-refractivity contribution in [3.8, 4) is 0 Å². The standard InChI is InChI=1S/C53H84NO14P/c1-32-18-14-13-15-19-33(2)44(63-8)30-40-23-21-38(7)53(61,67-40)50(58)51(59)54-25-17-16-20-41(54)52(60)66-45(35(4)28-39-22-24-43(46(29-39)64-9)68-69(11,12)62)31-42(55)34(3)27-37(6)48(57)49(65-10)47(56)36(5)26-32/h13-15,18-19,27,32,35-41,43-46,48-49,57,61H,16-17,20-26,28-31H2,1-12H3/b15-13?,18-14?,33-19?,34-27+/t32-,35-,36-,37?,38-,39+,40+,41?,43-,44+,45+,46-,48-,49+,53-/m1/s1. The summed E-state index contributed by atoms with van der Waals surface area (Å²) in [4.78, 5) is 72.2. The molecule has 1 aliphatic carbocycles. The van der Waals surface area contributed by atoms with Crippen LogP contribution >= 0.6 is 7.37 Å². The maximum atomic E-state index is 14.5. The number of esters is 1. The van der Waals surface area contributed by atoms with Gasteiger partial charge in [0, 0.05) is 71.8 Å². The predicted octanol–water partition coefficient (Wildman–Crippen LogP) is 7.74. The Labute approximate surface area is 411 Å². The van der Waals surface area contributed by atoms with Gasteiger partial charge in [-0.05, 0) is 107 Å². The van der Waals surface area contributed by atoms with Crippen LogP contribution < -0.4 is 0 Å². The molecule has 0 spiro atoms. The third-order valence-corrected chi connectivity index (χ3v) is 15.6. The monoisotopic (exact) mass is 990 g/mol. The Hall–Kier alpha value is -3.14. The van der Waals surface area contributed by atoms with Crippen LogP contribution in [-0.2, 0) is 56.7 Å². The molecule has 0 aromatic heterocycles. The van der Waals surface area contributed by atoms with Gasteiger partial charge in [-0.2, -0.15) is 0 Å². The van der Waals surface area contributed by atoms with E-state index in [1.165, 1.54) is 12.0 Å². The van der Waals surface area contributed by atoms with Crippen LogP contribution in [-0.4, -0.2) is 140 Å². The minimum atomic E-state index is -2.79. The van der Waals surface area contributed by atoms with E-state index in [1.807, 2.05) is 58.1 Å². The Morgan fingerprint density at radius 2 is 1.58 bits per heavy atom. The van der Waals surface area contributed by atoms with Crippen molar-refractivity contribution in [3.63, 3.8) is 0 Å². The summed E-state index contributed by atoms with van der Waals surface area (Å²) in [7, 11) is 1.76. The number of aliphatic hydroxyl groups is 2. The van der Waals surface area contributed by atoms with E-state index < -0.39 is 85.1 Å². The third kappa shape index (κ3) is 16.2. The molecular weight excluding hydrogens is 906 g/mol. The van der Waals surface area contributed by atoms with Crippen molar-refractivity contribution < 1.29 is 67.0 Å². The van der Waals surface area contributed by atoms with E-state index in [4.69, 9.17) is 28.2 Å². The SMILES string of the molecule is CO[C@H]1C[C@@H]2CC[C@@H](C)[C@@](O)(O2)C(=O)C(=O)N2CCCCC2C(=O)O[C@H]([C@H](C)C[C@@H]2CC[C@@H](OP(C)(C)=O)[C@H](OC)C2)CC(=O)/C(C)=C/C(C)[C@@H](O)[C@@H](OC)C(=O)[C@H](C)C[C@H](C)C=CC=CC=C1C. The lowest BCUT2D eigenvalue weighted by Crippen LogP contribution is -2.61. The third-order valence-electron chi connectivity index (χ3n) is 14.9. The van der Waals surface area contributed by atoms with Crippen LogP contribution in [0.1, 0.15) is 126 Å². The molecule has 1 amide bonds. The Kier molecular flexibility index (Phi) is 22.5. The van der Waals surface area contributed by atoms with E-state index in [1.54, 1.807) is 54.4 Å². The molecule has 0 aromatic rings. The number of hydrogen-bond donors (Lipinski definition) is 2. The fourth-order valence-electron chi connectivity index (χ4n) is 10.6. The highest BCUT2D eigenvalue weighted by molar-refractivity contribution is 7.57. The number of allylic oxidation sites excluding steroid dienone is 6. The van der Waals surface area contributed by atoms with Crippen molar-refractivity contribution in [2.45, 2.75) is 180 Å². The van der Waals surface area contributed by atoms with E-state index in [0.29, 0.717) is 63.4 Å². The maximum Gasteiger partial charge on any atom is 0.329 e. The quantitative estimate of drug-likeness (QED) is 0.136. The summed E-state index contributed by atoms with van der Waals surface area (Å²) in [5.41, 5.74) is 1.18. The van der Waals surface area contributed by atoms with Crippen LogP contribution in [0, 0.1) is 35.5 Å². The van der Waals surface area contributed by atoms with E-state index in [2.05, 4.69) is 0 Å². The Bertz CT molecular complexity index is 1940. The summed E-state index contributed by atoms with van der Waals surface area (Å²) in [5, 5.41) is 23.5. The lowest BCUT2D eigenvalue weighted by Gasteiger charge is -2.42. The first kappa shape index (κ1) is 58.4. The molecule has 69 heavy (non-hydrogen) atoms. The summed E-state index contributed by atoms with van der Waals surface area (Å²) < 4.78 is 48.2. The molecule has 3 heterocycles. The van der Waals surface area contributed by atoms with Crippen molar-refractivity contribution in [2.75, 3.05) is 41.2 Å². The summed E-state index contributed by atoms with van der Waals surface area (Å²) in [6.45, 7) is 15.9. The average Bonchev–Trinajstić information content (AvgIpc) is 3.30. The van der Waals surface area contributed by atoms with Crippen molar-refractivity contribution >= 4 is 36.6 Å². The number of carbonyl (C=O) groups excluding carboxylic acids is 5. The number of ether oxygens (including phenoxy) is 5. The molecule has 2 bridgehead atoms. The molecule has 15 nitrogen and oxygen atoms in total. The van der Waals surface area contributed by atoms with Gasteiger partial charge in [-0.25, -0.2) is 4.79 Å². The van der Waals surface area contributed by atoms with Gasteiger partial charge < -0.3 is 43.3 Å². The molecule has 0 aromatic carbocycles. The lowest BCUT2D eigenvalue weighted by molar-refractivity contribution is -0.265. The molecule has 15 atom stereocenters. The van der Waals surface area contributed by atoms with Crippen molar-refractivity contribution in [1.29, 1.82) is 0 Å². The highest BCUT2D eigenvalue weighted by Gasteiger charge is 2.53. The lowest BCUT2D eigenvalue weighted by atomic mass is 9.78. The van der Waals surface area contributed by atoms with Crippen molar-refractivity contribution in [3.05, 3.63) is 47.6 Å². The van der Waals surface area contributed by atoms with Crippen LogP contribution in [0.2, 0.25) is 0 Å². The molecule has 2 unspecified atom stereocenters. The van der Waals surface area contributed by atoms with Crippen LogP contribution in [0.4, 0.5) is 0 Å². The molecule has 3 aliphatic heterocycles. The number of piperidine rings is 1. The number of nitrogens with zero attached hydrogens (tertiary/aromatic N) is 1. The minimum absolute atomic E-state index is 0.0144. The number of hydrogen-bond acceptors (Lipinski definition) is 14. The van der Waals surface area contributed by atoms with E-state index in [-0.39, 0.29) is 60.9 Å². The number of fused-ring (bicyclic) bond motifs is 3. The van der Waals surface area contributed by atoms with Gasteiger partial charge in [0.1, 0.15) is 18.2 Å². The molecule has 2 saturated heterocycles. The normalized spacial score (nSPS) is 37.3. The first-order valence-corrected chi connectivity index (χ1v) is 27.7. The summed E-state index contributed by atoms with van der Waals surface area (Å²) in [6.07, 6.45) is 11.4. The smallest absolute Gasteiger partial charge is 0.329 e. The molecule has 2 N–H and O–H groups in total. The molecule has 16 heteroatoms. The van der Waals surface area contributed by atoms with Gasteiger partial charge in [-0.3, -0.25) is 23.7 Å². The Morgan fingerprint density at radius 1 is 0.870 bits per heavy atom. The molecule has 4 aliphatic rings. The van der Waals surface area contributed by atoms with Crippen LogP contribution in [0.3, 0.4) is 0 Å². The second kappa shape index (κ2) is 26.5. The van der Waals surface area contributed by atoms with Gasteiger partial charge in [0.25, 0.3) is 11.7 Å². The van der Waals surface area contributed by atoms with E-state index in [0.717, 1.165) is 12.0 Å². The first-order chi connectivity index (χ1) is 32.4. The van der Waals surface area contributed by atoms with Gasteiger partial charge in [0.2, 0.25) is 5.79 Å². The van der Waals surface area contributed by atoms with Crippen molar-refractivity contribution in [1.82, 2.24) is 4.90 Å². The van der Waals surface area contributed by atoms with Crippen molar-refractivity contribution in [2.24, 2.45) is 35.5 Å². The number of methoxy groups -OCH3 is 3. The number of aliphatic hydroxyl groups excluding tert-OH is 1. The van der Waals surface area contributed by atoms with Gasteiger partial charge in [-0.1, -0.05) is 71.1 Å². The van der Waals surface area contributed by atoms with Gasteiger partial charge >= 0.3 is 5.97 Å². The Balaban J connectivity index is 1.70. The zero-order valence-electron chi connectivity index (χ0n) is 43.4. The summed E-state index contributed by atoms with van der Waals surface area (Å²) >= 11 is 0. The van der Waals surface area contributed by atoms with Crippen LogP contribution in [0.15, 0.2) is 47.6 Å². The molecular formula is C53H84NO14P. The molecule has 3 fully saturated rings. The number of cyclic esters (lactones) is 1. The van der Waals surface area contributed by atoms with Crippen LogP contribution in [0.5, 0.6) is 0 Å². The fraction of sp³-hybridized carbons (Fsp3) is 0.755. The first-order valence-electron chi connectivity index (χ1n) is 25.2. The van der Waals surface area contributed by atoms with E-state index >= 15 is 0 Å². The molecule has 1 saturated carbocycles. The van der Waals surface area contributed by atoms with Gasteiger partial charge in [0.05, 0.1) is 30.5 Å². The zero-order valence-corrected chi connectivity index (χ0v) is 44.3. The molecule has 390 valence electrons. The van der Waals surface area contributed by atoms with E-state index in [9.17, 15) is 38.8 Å². The van der Waals surface area contributed by atoms with Crippen LogP contribution in [0.25, 0.3) is 0 Å². The van der Waals surface area contributed by atoms with Gasteiger partial charge in [0.15, 0.2) is 18.9 Å².